The molecule has 0 fully saturated rings. The van der Waals surface area contributed by atoms with E-state index in [1.165, 1.54) is 11.1 Å². The first-order valence-electron chi connectivity index (χ1n) is 10.5. The Hall–Kier alpha value is -2.33. The molecular formula is C25H33NO3. The number of aliphatic hydroxyl groups is 1. The van der Waals surface area contributed by atoms with E-state index in [1.54, 1.807) is 0 Å². The molecule has 2 unspecified atom stereocenters. The summed E-state index contributed by atoms with van der Waals surface area (Å²) in [5.74, 6) is 0.754. The van der Waals surface area contributed by atoms with Crippen molar-refractivity contribution in [3.63, 3.8) is 0 Å². The minimum Gasteiger partial charge on any atom is -0.618 e. The van der Waals surface area contributed by atoms with Crippen molar-refractivity contribution in [2.75, 3.05) is 0 Å². The number of benzene rings is 1. The molecule has 0 amide bonds. The SMILES string of the molecule is CC(C)=CCCC(C)=CCCC(C)(O)C1Cc2c(c3ccccc3[n+]([O-])c2C)O1. The van der Waals surface area contributed by atoms with Crippen LogP contribution in [-0.4, -0.2) is 16.8 Å². The van der Waals surface area contributed by atoms with Gasteiger partial charge in [-0.3, -0.25) is 0 Å². The third kappa shape index (κ3) is 4.64. The van der Waals surface area contributed by atoms with Crippen molar-refractivity contribution >= 4 is 10.9 Å². The molecule has 156 valence electrons. The number of para-hydroxylation sites is 1. The molecule has 0 radical (unpaired) electrons. The number of hydrogen-bond donors (Lipinski definition) is 1. The molecular weight excluding hydrogens is 362 g/mol. The van der Waals surface area contributed by atoms with Crippen LogP contribution in [0, 0.1) is 12.1 Å². The molecule has 2 heterocycles. The lowest BCUT2D eigenvalue weighted by molar-refractivity contribution is -0.584. The summed E-state index contributed by atoms with van der Waals surface area (Å²) < 4.78 is 7.22. The van der Waals surface area contributed by atoms with Gasteiger partial charge in [-0.2, -0.15) is 4.73 Å². The fraction of sp³-hybridized carbons (Fsp3) is 0.480. The van der Waals surface area contributed by atoms with Crippen LogP contribution in [-0.2, 0) is 6.42 Å². The summed E-state index contributed by atoms with van der Waals surface area (Å²) in [6.45, 7) is 10.1. The van der Waals surface area contributed by atoms with Crippen LogP contribution in [0.1, 0.15) is 64.6 Å². The van der Waals surface area contributed by atoms with Crippen molar-refractivity contribution in [2.45, 2.75) is 78.4 Å². The molecule has 1 aliphatic rings. The van der Waals surface area contributed by atoms with Gasteiger partial charge < -0.3 is 15.1 Å². The Balaban J connectivity index is 1.70. The molecule has 1 aromatic heterocycles. The van der Waals surface area contributed by atoms with Crippen LogP contribution < -0.4 is 9.47 Å². The van der Waals surface area contributed by atoms with Crippen LogP contribution >= 0.6 is 0 Å². The lowest BCUT2D eigenvalue weighted by Crippen LogP contribution is -2.42. The molecule has 0 bridgehead atoms. The van der Waals surface area contributed by atoms with E-state index in [9.17, 15) is 10.3 Å². The van der Waals surface area contributed by atoms with E-state index in [2.05, 4.69) is 32.9 Å². The number of aromatic nitrogens is 1. The molecule has 0 aliphatic carbocycles. The predicted octanol–water partition coefficient (Wildman–Crippen LogP) is 5.31. The van der Waals surface area contributed by atoms with Gasteiger partial charge in [0.05, 0.1) is 16.6 Å². The third-order valence-corrected chi connectivity index (χ3v) is 5.96. The van der Waals surface area contributed by atoms with Crippen molar-refractivity contribution in [3.05, 3.63) is 64.0 Å². The van der Waals surface area contributed by atoms with Crippen molar-refractivity contribution in [1.82, 2.24) is 0 Å². The Morgan fingerprint density at radius 2 is 1.97 bits per heavy atom. The number of rotatable bonds is 7. The maximum absolute atomic E-state index is 12.6. The first-order chi connectivity index (χ1) is 13.7. The summed E-state index contributed by atoms with van der Waals surface area (Å²) in [5, 5.41) is 24.6. The predicted molar refractivity (Wildman–Crippen MR) is 118 cm³/mol. The molecule has 29 heavy (non-hydrogen) atoms. The highest BCUT2D eigenvalue weighted by atomic mass is 16.5. The molecule has 0 spiro atoms. The fourth-order valence-electron chi connectivity index (χ4n) is 4.03. The van der Waals surface area contributed by atoms with E-state index in [-0.39, 0.29) is 6.10 Å². The number of fused-ring (bicyclic) bond motifs is 3. The summed E-state index contributed by atoms with van der Waals surface area (Å²) in [4.78, 5) is 0. The van der Waals surface area contributed by atoms with E-state index in [4.69, 9.17) is 4.74 Å². The molecule has 2 aromatic rings. The highest BCUT2D eigenvalue weighted by Gasteiger charge is 2.41. The molecule has 0 saturated heterocycles. The largest absolute Gasteiger partial charge is 0.618 e. The summed E-state index contributed by atoms with van der Waals surface area (Å²) in [7, 11) is 0. The van der Waals surface area contributed by atoms with E-state index in [0.717, 1.165) is 40.7 Å². The van der Waals surface area contributed by atoms with Crippen molar-refractivity contribution in [2.24, 2.45) is 0 Å². The standard InChI is InChI=1S/C25H33NO3/c1-17(2)10-8-11-18(3)12-9-15-25(5,27)23-16-21-19(4)26(28)22-14-7-6-13-20(22)24(21)29-23/h6-7,10,12-14,23,27H,8-9,11,15-16H2,1-5H3. The highest BCUT2D eigenvalue weighted by Crippen LogP contribution is 2.40. The number of ether oxygens (including phenoxy) is 1. The van der Waals surface area contributed by atoms with Gasteiger partial charge in [-0.1, -0.05) is 35.4 Å². The van der Waals surface area contributed by atoms with Gasteiger partial charge in [0.1, 0.15) is 11.9 Å². The molecule has 1 aromatic carbocycles. The van der Waals surface area contributed by atoms with Gasteiger partial charge in [-0.05, 0) is 59.4 Å². The zero-order chi connectivity index (χ0) is 21.2. The average molecular weight is 396 g/mol. The van der Waals surface area contributed by atoms with Gasteiger partial charge in [0.25, 0.3) is 0 Å². The summed E-state index contributed by atoms with van der Waals surface area (Å²) in [6.07, 6.45) is 8.24. The van der Waals surface area contributed by atoms with E-state index in [1.807, 2.05) is 38.1 Å². The molecule has 2 atom stereocenters. The Morgan fingerprint density at radius 3 is 2.69 bits per heavy atom. The van der Waals surface area contributed by atoms with Crippen LogP contribution in [0.4, 0.5) is 0 Å². The second-order valence-electron chi connectivity index (χ2n) is 8.78. The minimum absolute atomic E-state index is 0.346. The van der Waals surface area contributed by atoms with E-state index >= 15 is 0 Å². The Bertz CT molecular complexity index is 952. The van der Waals surface area contributed by atoms with E-state index < -0.39 is 5.60 Å². The Labute approximate surface area is 174 Å². The number of allylic oxidation sites excluding steroid dienone is 4. The number of hydrogen-bond acceptors (Lipinski definition) is 3. The topological polar surface area (TPSA) is 56.4 Å². The second-order valence-corrected chi connectivity index (χ2v) is 8.78. The van der Waals surface area contributed by atoms with Crippen LogP contribution in [0.3, 0.4) is 0 Å². The highest BCUT2D eigenvalue weighted by molar-refractivity contribution is 5.84. The summed E-state index contributed by atoms with van der Waals surface area (Å²) in [5.41, 5.74) is 3.92. The van der Waals surface area contributed by atoms with Gasteiger partial charge in [-0.25, -0.2) is 0 Å². The maximum Gasteiger partial charge on any atom is 0.227 e. The summed E-state index contributed by atoms with van der Waals surface area (Å²) in [6, 6.07) is 7.50. The quantitative estimate of drug-likeness (QED) is 0.393. The molecule has 4 heteroatoms. The molecule has 3 rings (SSSR count). The monoisotopic (exact) mass is 395 g/mol. The zero-order valence-corrected chi connectivity index (χ0v) is 18.3. The minimum atomic E-state index is -0.961. The van der Waals surface area contributed by atoms with Gasteiger partial charge in [0, 0.05) is 19.4 Å². The normalized spacial score (nSPS) is 18.3. The maximum atomic E-state index is 12.6. The van der Waals surface area contributed by atoms with Crippen LogP contribution in [0.25, 0.3) is 10.9 Å². The average Bonchev–Trinajstić information content (AvgIpc) is 3.12. The number of nitrogens with zero attached hydrogens (tertiary/aromatic N) is 1. The Kier molecular flexibility index (Phi) is 6.33. The summed E-state index contributed by atoms with van der Waals surface area (Å²) >= 11 is 0. The smallest absolute Gasteiger partial charge is 0.227 e. The van der Waals surface area contributed by atoms with Gasteiger partial charge in [0.15, 0.2) is 5.69 Å². The van der Waals surface area contributed by atoms with Crippen molar-refractivity contribution < 1.29 is 14.6 Å². The van der Waals surface area contributed by atoms with Crippen LogP contribution in [0.5, 0.6) is 5.75 Å². The molecule has 0 saturated carbocycles. The zero-order valence-electron chi connectivity index (χ0n) is 18.3. The Morgan fingerprint density at radius 1 is 1.24 bits per heavy atom. The molecule has 1 N–H and O–H groups in total. The van der Waals surface area contributed by atoms with Gasteiger partial charge in [0.2, 0.25) is 5.52 Å². The fourth-order valence-corrected chi connectivity index (χ4v) is 4.03. The van der Waals surface area contributed by atoms with Gasteiger partial charge >= 0.3 is 0 Å². The van der Waals surface area contributed by atoms with E-state index in [0.29, 0.717) is 24.1 Å². The molecule has 1 aliphatic heterocycles. The second kappa shape index (κ2) is 8.58. The van der Waals surface area contributed by atoms with Crippen molar-refractivity contribution in [3.8, 4) is 5.75 Å². The first kappa shape index (κ1) is 21.4. The number of pyridine rings is 1. The van der Waals surface area contributed by atoms with Gasteiger partial charge in [-0.15, -0.1) is 0 Å². The molecule has 4 nitrogen and oxygen atoms in total. The lowest BCUT2D eigenvalue weighted by atomic mass is 9.89. The third-order valence-electron chi connectivity index (χ3n) is 5.96. The van der Waals surface area contributed by atoms with Crippen molar-refractivity contribution in [1.29, 1.82) is 0 Å². The lowest BCUT2D eigenvalue weighted by Gasteiger charge is -2.29. The van der Waals surface area contributed by atoms with Crippen LogP contribution in [0.15, 0.2) is 47.6 Å². The first-order valence-corrected chi connectivity index (χ1v) is 10.5. The van der Waals surface area contributed by atoms with Crippen LogP contribution in [0.2, 0.25) is 0 Å².